The molecule has 0 aliphatic heterocycles. The molecule has 4 aromatic rings. The summed E-state index contributed by atoms with van der Waals surface area (Å²) in [5.74, 6) is 0. The Morgan fingerprint density at radius 2 is 1.59 bits per heavy atom. The average Bonchev–Trinajstić information content (AvgIpc) is 3.14. The van der Waals surface area contributed by atoms with Crippen molar-refractivity contribution in [3.63, 3.8) is 0 Å². The Balaban J connectivity index is 1.61. The SMILES string of the molecule is O=S(=O)(Nc1cc(Cl)c(Cc2nc3cccc(Cl)c3s2)c(Cl)c1)c1ccc(C(F)(F)F)cc1Cl. The third kappa shape index (κ3) is 5.24. The second-order valence-electron chi connectivity index (χ2n) is 7.04. The van der Waals surface area contributed by atoms with E-state index in [0.29, 0.717) is 27.7 Å². The van der Waals surface area contributed by atoms with Gasteiger partial charge in [0.2, 0.25) is 0 Å². The van der Waals surface area contributed by atoms with Crippen LogP contribution in [0.5, 0.6) is 0 Å². The number of hydrogen-bond donors (Lipinski definition) is 1. The number of thiazole rings is 1. The molecule has 1 N–H and O–H groups in total. The minimum atomic E-state index is -4.66. The molecule has 0 saturated heterocycles. The van der Waals surface area contributed by atoms with E-state index in [1.165, 1.54) is 23.5 Å². The van der Waals surface area contributed by atoms with Crippen LogP contribution in [0.3, 0.4) is 0 Å². The number of anilines is 1. The molecule has 4 nitrogen and oxygen atoms in total. The molecule has 3 aromatic carbocycles. The summed E-state index contributed by atoms with van der Waals surface area (Å²) in [6.07, 6.45) is -4.38. The lowest BCUT2D eigenvalue weighted by molar-refractivity contribution is -0.137. The number of benzene rings is 3. The Labute approximate surface area is 216 Å². The van der Waals surface area contributed by atoms with E-state index in [-0.39, 0.29) is 22.2 Å². The molecule has 34 heavy (non-hydrogen) atoms. The quantitative estimate of drug-likeness (QED) is 0.256. The monoisotopic (exact) mass is 584 g/mol. The van der Waals surface area contributed by atoms with Crippen molar-refractivity contribution in [2.75, 3.05) is 4.72 Å². The predicted molar refractivity (Wildman–Crippen MR) is 131 cm³/mol. The fourth-order valence-corrected chi connectivity index (χ4v) is 6.60. The molecule has 0 unspecified atom stereocenters. The fourth-order valence-electron chi connectivity index (χ4n) is 3.12. The maximum absolute atomic E-state index is 12.8. The number of hydrogen-bond acceptors (Lipinski definition) is 4. The molecule has 178 valence electrons. The van der Waals surface area contributed by atoms with E-state index in [4.69, 9.17) is 46.4 Å². The van der Waals surface area contributed by atoms with Crippen LogP contribution in [0.1, 0.15) is 16.1 Å². The lowest BCUT2D eigenvalue weighted by atomic mass is 10.1. The van der Waals surface area contributed by atoms with E-state index in [0.717, 1.165) is 16.3 Å². The minimum Gasteiger partial charge on any atom is -0.279 e. The Morgan fingerprint density at radius 3 is 2.18 bits per heavy atom. The van der Waals surface area contributed by atoms with Gasteiger partial charge in [-0.05, 0) is 48.0 Å². The highest BCUT2D eigenvalue weighted by Crippen LogP contribution is 2.37. The predicted octanol–water partition coefficient (Wildman–Crippen LogP) is 8.32. The molecular formula is C21H11Cl4F3N2O2S2. The highest BCUT2D eigenvalue weighted by atomic mass is 35.5. The molecule has 1 heterocycles. The van der Waals surface area contributed by atoms with Gasteiger partial charge in [0.1, 0.15) is 4.90 Å². The highest BCUT2D eigenvalue weighted by Gasteiger charge is 2.32. The van der Waals surface area contributed by atoms with Crippen LogP contribution in [0.15, 0.2) is 53.4 Å². The maximum Gasteiger partial charge on any atom is 0.416 e. The Morgan fingerprint density at radius 1 is 0.912 bits per heavy atom. The Bertz CT molecular complexity index is 1500. The van der Waals surface area contributed by atoms with Crippen LogP contribution >= 0.6 is 57.7 Å². The van der Waals surface area contributed by atoms with E-state index in [1.807, 2.05) is 6.07 Å². The highest BCUT2D eigenvalue weighted by molar-refractivity contribution is 7.92. The second-order valence-corrected chi connectivity index (χ2v) is 11.4. The van der Waals surface area contributed by atoms with E-state index in [1.54, 1.807) is 12.1 Å². The summed E-state index contributed by atoms with van der Waals surface area (Å²) in [6, 6.07) is 10.0. The van der Waals surface area contributed by atoms with Crippen molar-refractivity contribution in [1.82, 2.24) is 4.98 Å². The summed E-state index contributed by atoms with van der Waals surface area (Å²) in [5, 5.41) is 1.05. The van der Waals surface area contributed by atoms with Gasteiger partial charge in [0.25, 0.3) is 10.0 Å². The van der Waals surface area contributed by atoms with Crippen molar-refractivity contribution >= 4 is 83.7 Å². The second kappa shape index (κ2) is 9.37. The molecule has 0 atom stereocenters. The van der Waals surface area contributed by atoms with Gasteiger partial charge in [-0.15, -0.1) is 11.3 Å². The minimum absolute atomic E-state index is 0.0158. The Kier molecular flexibility index (Phi) is 6.98. The van der Waals surface area contributed by atoms with Crippen LogP contribution < -0.4 is 4.72 Å². The molecule has 0 aliphatic carbocycles. The van der Waals surface area contributed by atoms with Gasteiger partial charge in [-0.3, -0.25) is 4.72 Å². The first-order valence-electron chi connectivity index (χ1n) is 9.26. The fraction of sp³-hybridized carbons (Fsp3) is 0.0952. The zero-order valence-corrected chi connectivity index (χ0v) is 21.2. The number of alkyl halides is 3. The molecule has 0 bridgehead atoms. The summed E-state index contributed by atoms with van der Waals surface area (Å²) in [4.78, 5) is 3.99. The molecule has 0 fully saturated rings. The zero-order chi connectivity index (χ0) is 24.8. The zero-order valence-electron chi connectivity index (χ0n) is 16.6. The third-order valence-electron chi connectivity index (χ3n) is 4.68. The normalized spacial score (nSPS) is 12.3. The van der Waals surface area contributed by atoms with Gasteiger partial charge in [0.05, 0.1) is 36.5 Å². The lowest BCUT2D eigenvalue weighted by Gasteiger charge is -2.14. The summed E-state index contributed by atoms with van der Waals surface area (Å²) in [5.41, 5.74) is 0.205. The first-order chi connectivity index (χ1) is 15.8. The topological polar surface area (TPSA) is 59.1 Å². The molecule has 1 aromatic heterocycles. The summed E-state index contributed by atoms with van der Waals surface area (Å²) in [6.45, 7) is 0. The van der Waals surface area contributed by atoms with Gasteiger partial charge < -0.3 is 0 Å². The van der Waals surface area contributed by atoms with Crippen molar-refractivity contribution in [3.05, 3.63) is 84.8 Å². The van der Waals surface area contributed by atoms with Crippen molar-refractivity contribution in [2.24, 2.45) is 0 Å². The summed E-state index contributed by atoms with van der Waals surface area (Å²) < 4.78 is 67.1. The average molecular weight is 586 g/mol. The first-order valence-corrected chi connectivity index (χ1v) is 13.1. The van der Waals surface area contributed by atoms with Crippen LogP contribution in [-0.2, 0) is 22.6 Å². The first kappa shape index (κ1) is 25.3. The van der Waals surface area contributed by atoms with Gasteiger partial charge in [-0.25, -0.2) is 13.4 Å². The van der Waals surface area contributed by atoms with Crippen LogP contribution in [0.25, 0.3) is 10.2 Å². The van der Waals surface area contributed by atoms with Crippen LogP contribution in [0, 0.1) is 0 Å². The molecule has 0 aliphatic rings. The smallest absolute Gasteiger partial charge is 0.279 e. The van der Waals surface area contributed by atoms with Gasteiger partial charge in [0.15, 0.2) is 0 Å². The van der Waals surface area contributed by atoms with Crippen molar-refractivity contribution in [1.29, 1.82) is 0 Å². The van der Waals surface area contributed by atoms with E-state index in [2.05, 4.69) is 9.71 Å². The number of fused-ring (bicyclic) bond motifs is 1. The molecule has 0 spiro atoms. The lowest BCUT2D eigenvalue weighted by Crippen LogP contribution is -2.14. The number of nitrogens with one attached hydrogen (secondary N) is 1. The number of aromatic nitrogens is 1. The van der Waals surface area contributed by atoms with E-state index in [9.17, 15) is 21.6 Å². The number of halogens is 7. The molecule has 4 rings (SSSR count). The maximum atomic E-state index is 12.8. The summed E-state index contributed by atoms with van der Waals surface area (Å²) in [7, 11) is -4.33. The van der Waals surface area contributed by atoms with Crippen LogP contribution in [0.2, 0.25) is 20.1 Å². The molecule has 0 radical (unpaired) electrons. The van der Waals surface area contributed by atoms with Crippen molar-refractivity contribution in [2.45, 2.75) is 17.5 Å². The standard InChI is InChI=1S/C21H11Cl4F3N2O2S2/c22-13-2-1-3-17-20(13)33-19(29-17)9-12-14(23)7-11(8-15(12)24)30-34(31,32)18-5-4-10(6-16(18)25)21(26,27)28/h1-8,30H,9H2. The molecule has 0 saturated carbocycles. The Hall–Kier alpha value is -1.75. The summed E-state index contributed by atoms with van der Waals surface area (Å²) >= 11 is 26.2. The van der Waals surface area contributed by atoms with Crippen LogP contribution in [0.4, 0.5) is 18.9 Å². The van der Waals surface area contributed by atoms with Gasteiger partial charge in [-0.2, -0.15) is 13.2 Å². The van der Waals surface area contributed by atoms with E-state index < -0.39 is 31.7 Å². The number of sulfonamides is 1. The largest absolute Gasteiger partial charge is 0.416 e. The van der Waals surface area contributed by atoms with Gasteiger partial charge >= 0.3 is 6.18 Å². The van der Waals surface area contributed by atoms with E-state index >= 15 is 0 Å². The molecule has 13 heteroatoms. The van der Waals surface area contributed by atoms with Crippen molar-refractivity contribution in [3.8, 4) is 0 Å². The number of nitrogens with zero attached hydrogens (tertiary/aromatic N) is 1. The van der Waals surface area contributed by atoms with Gasteiger partial charge in [-0.1, -0.05) is 52.5 Å². The van der Waals surface area contributed by atoms with Gasteiger partial charge in [0, 0.05) is 16.5 Å². The third-order valence-corrected chi connectivity index (χ3v) is 8.75. The number of rotatable bonds is 5. The van der Waals surface area contributed by atoms with Crippen molar-refractivity contribution < 1.29 is 21.6 Å². The van der Waals surface area contributed by atoms with Crippen LogP contribution in [-0.4, -0.2) is 13.4 Å². The molecular weight excluding hydrogens is 575 g/mol. The molecule has 0 amide bonds.